The Balaban J connectivity index is 1.77. The number of anilines is 1. The topological polar surface area (TPSA) is 102 Å². The predicted molar refractivity (Wildman–Crippen MR) is 96.9 cm³/mol. The SMILES string of the molecule is Cn1ccnc1CN1CCN(c2ccc([N+](=O)[O-])cc2S(C)(=O)=O)CC1. The molecule has 0 aliphatic carbocycles. The zero-order chi connectivity index (χ0) is 18.9. The van der Waals surface area contributed by atoms with Crippen LogP contribution in [0.3, 0.4) is 0 Å². The van der Waals surface area contributed by atoms with Crippen molar-refractivity contribution in [2.24, 2.45) is 7.05 Å². The molecule has 1 aromatic heterocycles. The molecule has 0 unspecified atom stereocenters. The van der Waals surface area contributed by atoms with Gasteiger partial charge < -0.3 is 9.47 Å². The van der Waals surface area contributed by atoms with Crippen LogP contribution in [0.25, 0.3) is 0 Å². The van der Waals surface area contributed by atoms with Gasteiger partial charge in [-0.25, -0.2) is 13.4 Å². The van der Waals surface area contributed by atoms with Gasteiger partial charge in [0.2, 0.25) is 0 Å². The Kier molecular flexibility index (Phi) is 4.97. The molecule has 2 aromatic rings. The number of aromatic nitrogens is 2. The number of imidazole rings is 1. The molecule has 1 aromatic carbocycles. The summed E-state index contributed by atoms with van der Waals surface area (Å²) in [6, 6.07) is 4.03. The van der Waals surface area contributed by atoms with Gasteiger partial charge in [-0.1, -0.05) is 0 Å². The summed E-state index contributed by atoms with van der Waals surface area (Å²) in [7, 11) is -1.62. The second kappa shape index (κ2) is 7.04. The molecule has 26 heavy (non-hydrogen) atoms. The van der Waals surface area contributed by atoms with Gasteiger partial charge in [-0.2, -0.15) is 0 Å². The minimum absolute atomic E-state index is 0.00394. The first kappa shape index (κ1) is 18.3. The summed E-state index contributed by atoms with van der Waals surface area (Å²) in [4.78, 5) is 18.9. The Morgan fingerprint density at radius 1 is 1.23 bits per heavy atom. The summed E-state index contributed by atoms with van der Waals surface area (Å²) >= 11 is 0. The molecule has 140 valence electrons. The Morgan fingerprint density at radius 2 is 1.92 bits per heavy atom. The van der Waals surface area contributed by atoms with E-state index >= 15 is 0 Å². The van der Waals surface area contributed by atoms with Crippen LogP contribution in [0, 0.1) is 10.1 Å². The summed E-state index contributed by atoms with van der Waals surface area (Å²) in [5.74, 6) is 0.977. The fourth-order valence-electron chi connectivity index (χ4n) is 3.07. The third-order valence-corrected chi connectivity index (χ3v) is 5.68. The van der Waals surface area contributed by atoms with Gasteiger partial charge in [0.15, 0.2) is 9.84 Å². The lowest BCUT2D eigenvalue weighted by atomic mass is 10.2. The van der Waals surface area contributed by atoms with Gasteiger partial charge in [0.1, 0.15) is 5.82 Å². The van der Waals surface area contributed by atoms with Crippen molar-refractivity contribution < 1.29 is 13.3 Å². The molecule has 0 atom stereocenters. The molecule has 0 saturated carbocycles. The van der Waals surface area contributed by atoms with E-state index in [2.05, 4.69) is 9.88 Å². The molecular formula is C16H21N5O4S. The molecule has 1 fully saturated rings. The molecule has 0 N–H and O–H groups in total. The molecule has 1 aliphatic heterocycles. The van der Waals surface area contributed by atoms with E-state index in [1.165, 1.54) is 12.1 Å². The van der Waals surface area contributed by atoms with Crippen LogP contribution in [0.5, 0.6) is 0 Å². The zero-order valence-electron chi connectivity index (χ0n) is 14.7. The van der Waals surface area contributed by atoms with Crippen molar-refractivity contribution >= 4 is 21.2 Å². The first-order valence-corrected chi connectivity index (χ1v) is 10.1. The highest BCUT2D eigenvalue weighted by molar-refractivity contribution is 7.90. The molecule has 3 rings (SSSR count). The fourth-order valence-corrected chi connectivity index (χ4v) is 3.98. The maximum atomic E-state index is 12.1. The number of nitrogens with zero attached hydrogens (tertiary/aromatic N) is 5. The quantitative estimate of drug-likeness (QED) is 0.565. The van der Waals surface area contributed by atoms with Crippen LogP contribution in [0.15, 0.2) is 35.5 Å². The minimum Gasteiger partial charge on any atom is -0.368 e. The van der Waals surface area contributed by atoms with Crippen molar-refractivity contribution in [2.75, 3.05) is 37.3 Å². The molecule has 1 aliphatic rings. The summed E-state index contributed by atoms with van der Waals surface area (Å²) in [6.45, 7) is 3.53. The first-order valence-electron chi connectivity index (χ1n) is 8.17. The standard InChI is InChI=1S/C16H21N5O4S/c1-18-6-5-17-16(18)12-19-7-9-20(10-8-19)14-4-3-13(21(22)23)11-15(14)26(2,24)25/h3-6,11H,7-10,12H2,1-2H3. The van der Waals surface area contributed by atoms with Crippen LogP contribution in [-0.2, 0) is 23.4 Å². The number of piperazine rings is 1. The number of aryl methyl sites for hydroxylation is 1. The monoisotopic (exact) mass is 379 g/mol. The molecule has 0 bridgehead atoms. The van der Waals surface area contributed by atoms with Gasteiger partial charge in [0.05, 0.1) is 22.1 Å². The summed E-state index contributed by atoms with van der Waals surface area (Å²) < 4.78 is 26.2. The van der Waals surface area contributed by atoms with Crippen LogP contribution < -0.4 is 4.90 Å². The number of non-ortho nitro benzene ring substituents is 1. The number of nitro groups is 1. The van der Waals surface area contributed by atoms with Crippen molar-refractivity contribution in [2.45, 2.75) is 11.4 Å². The highest BCUT2D eigenvalue weighted by atomic mass is 32.2. The van der Waals surface area contributed by atoms with E-state index in [-0.39, 0.29) is 10.6 Å². The lowest BCUT2D eigenvalue weighted by Crippen LogP contribution is -2.46. The number of rotatable bonds is 5. The lowest BCUT2D eigenvalue weighted by molar-refractivity contribution is -0.385. The van der Waals surface area contributed by atoms with Crippen molar-refractivity contribution in [1.29, 1.82) is 0 Å². The Labute approximate surface area is 151 Å². The van der Waals surface area contributed by atoms with Crippen LogP contribution >= 0.6 is 0 Å². The van der Waals surface area contributed by atoms with E-state index < -0.39 is 14.8 Å². The second-order valence-electron chi connectivity index (χ2n) is 6.40. The number of sulfone groups is 1. The van der Waals surface area contributed by atoms with Gasteiger partial charge in [-0.05, 0) is 6.07 Å². The van der Waals surface area contributed by atoms with Gasteiger partial charge in [-0.15, -0.1) is 0 Å². The minimum atomic E-state index is -3.57. The van der Waals surface area contributed by atoms with Crippen LogP contribution in [0.2, 0.25) is 0 Å². The number of hydrogen-bond acceptors (Lipinski definition) is 7. The van der Waals surface area contributed by atoms with Crippen LogP contribution in [0.1, 0.15) is 5.82 Å². The van der Waals surface area contributed by atoms with Crippen molar-refractivity contribution in [3.05, 3.63) is 46.5 Å². The summed E-state index contributed by atoms with van der Waals surface area (Å²) in [6.07, 6.45) is 4.74. The molecular weight excluding hydrogens is 358 g/mol. The summed E-state index contributed by atoms with van der Waals surface area (Å²) in [5, 5.41) is 11.0. The average molecular weight is 379 g/mol. The smallest absolute Gasteiger partial charge is 0.270 e. The lowest BCUT2D eigenvalue weighted by Gasteiger charge is -2.36. The molecule has 0 spiro atoms. The van der Waals surface area contributed by atoms with E-state index in [9.17, 15) is 18.5 Å². The normalized spacial score (nSPS) is 16.0. The van der Waals surface area contributed by atoms with Crippen molar-refractivity contribution in [3.63, 3.8) is 0 Å². The van der Waals surface area contributed by atoms with Crippen LogP contribution in [0.4, 0.5) is 11.4 Å². The Bertz CT molecular complexity index is 916. The largest absolute Gasteiger partial charge is 0.368 e. The molecule has 9 nitrogen and oxygen atoms in total. The van der Waals surface area contributed by atoms with Crippen molar-refractivity contribution in [3.8, 4) is 0 Å². The first-order chi connectivity index (χ1) is 12.3. The third kappa shape index (κ3) is 3.86. The summed E-state index contributed by atoms with van der Waals surface area (Å²) in [5.41, 5.74) is 0.303. The maximum absolute atomic E-state index is 12.1. The average Bonchev–Trinajstić information content (AvgIpc) is 2.99. The Hall–Kier alpha value is -2.46. The fraction of sp³-hybridized carbons (Fsp3) is 0.438. The van der Waals surface area contributed by atoms with E-state index in [0.717, 1.165) is 37.8 Å². The van der Waals surface area contributed by atoms with Gasteiger partial charge >= 0.3 is 0 Å². The van der Waals surface area contributed by atoms with E-state index in [1.54, 1.807) is 6.20 Å². The molecule has 2 heterocycles. The van der Waals surface area contributed by atoms with Crippen molar-refractivity contribution in [1.82, 2.24) is 14.5 Å². The zero-order valence-corrected chi connectivity index (χ0v) is 15.5. The highest BCUT2D eigenvalue weighted by Crippen LogP contribution is 2.30. The van der Waals surface area contributed by atoms with Gasteiger partial charge in [-0.3, -0.25) is 15.0 Å². The Morgan fingerprint density at radius 3 is 2.46 bits per heavy atom. The molecule has 0 radical (unpaired) electrons. The van der Waals surface area contributed by atoms with E-state index in [0.29, 0.717) is 18.8 Å². The highest BCUT2D eigenvalue weighted by Gasteiger charge is 2.25. The maximum Gasteiger partial charge on any atom is 0.270 e. The van der Waals surface area contributed by atoms with E-state index in [4.69, 9.17) is 0 Å². The second-order valence-corrected chi connectivity index (χ2v) is 8.38. The molecule has 0 amide bonds. The van der Waals surface area contributed by atoms with E-state index in [1.807, 2.05) is 22.7 Å². The molecule has 10 heteroatoms. The van der Waals surface area contributed by atoms with Gasteiger partial charge in [0, 0.05) is 64.0 Å². The van der Waals surface area contributed by atoms with Gasteiger partial charge in [0.25, 0.3) is 5.69 Å². The number of benzene rings is 1. The predicted octanol–water partition coefficient (Wildman–Crippen LogP) is 1.05. The number of nitro benzene ring substituents is 1. The molecule has 1 saturated heterocycles. The third-order valence-electron chi connectivity index (χ3n) is 4.55. The number of hydrogen-bond donors (Lipinski definition) is 0. The van der Waals surface area contributed by atoms with Crippen LogP contribution in [-0.4, -0.2) is 60.2 Å².